The summed E-state index contributed by atoms with van der Waals surface area (Å²) in [5.41, 5.74) is 6.11. The molecule has 3 amide bonds. The van der Waals surface area contributed by atoms with Crippen LogP contribution < -0.4 is 5.73 Å². The van der Waals surface area contributed by atoms with Crippen LogP contribution in [0.5, 0.6) is 0 Å². The van der Waals surface area contributed by atoms with E-state index in [9.17, 15) is 14.4 Å². The number of anilines is 1. The van der Waals surface area contributed by atoms with E-state index in [1.165, 1.54) is 30.3 Å². The number of halogens is 2. The molecule has 0 unspecified atom stereocenters. The Morgan fingerprint density at radius 2 is 1.73 bits per heavy atom. The summed E-state index contributed by atoms with van der Waals surface area (Å²) in [6.07, 6.45) is 0. The molecule has 0 radical (unpaired) electrons. The average molecular weight is 335 g/mol. The van der Waals surface area contributed by atoms with Crippen molar-refractivity contribution in [1.29, 1.82) is 0 Å². The van der Waals surface area contributed by atoms with Crippen LogP contribution in [-0.2, 0) is 0 Å². The van der Waals surface area contributed by atoms with Gasteiger partial charge < -0.3 is 5.73 Å². The lowest BCUT2D eigenvalue weighted by molar-refractivity contribution is 0.0566. The molecule has 0 saturated heterocycles. The number of imide groups is 3. The summed E-state index contributed by atoms with van der Waals surface area (Å²) in [6.45, 7) is 0. The Morgan fingerprint density at radius 3 is 2.36 bits per heavy atom. The molecule has 22 heavy (non-hydrogen) atoms. The smallest absolute Gasteiger partial charge is 0.270 e. The molecular weight excluding hydrogens is 327 g/mol. The number of amides is 3. The molecule has 110 valence electrons. The molecule has 1 aliphatic rings. The number of hydrogen-bond donors (Lipinski definition) is 1. The van der Waals surface area contributed by atoms with Crippen molar-refractivity contribution in [3.63, 3.8) is 0 Å². The first-order valence-corrected chi connectivity index (χ1v) is 6.94. The van der Waals surface area contributed by atoms with Crippen LogP contribution in [0.15, 0.2) is 36.4 Å². The minimum atomic E-state index is -0.774. The number of benzene rings is 2. The zero-order valence-electron chi connectivity index (χ0n) is 11.0. The number of nitrogen functional groups attached to an aromatic ring is 1. The molecule has 0 fully saturated rings. The summed E-state index contributed by atoms with van der Waals surface area (Å²) in [7, 11) is 0. The van der Waals surface area contributed by atoms with Gasteiger partial charge in [-0.15, -0.1) is 0 Å². The van der Waals surface area contributed by atoms with Gasteiger partial charge in [-0.05, 0) is 30.3 Å². The van der Waals surface area contributed by atoms with Gasteiger partial charge in [0.05, 0.1) is 21.2 Å². The van der Waals surface area contributed by atoms with Gasteiger partial charge in [0, 0.05) is 11.3 Å². The van der Waals surface area contributed by atoms with E-state index in [2.05, 4.69) is 0 Å². The number of fused-ring (bicyclic) bond motifs is 1. The third-order valence-electron chi connectivity index (χ3n) is 3.32. The number of nitrogens with two attached hydrogens (primary N) is 1. The molecule has 1 aliphatic heterocycles. The molecule has 3 rings (SSSR count). The van der Waals surface area contributed by atoms with E-state index in [0.717, 1.165) is 0 Å². The van der Waals surface area contributed by atoms with Crippen molar-refractivity contribution >= 4 is 46.6 Å². The van der Waals surface area contributed by atoms with Crippen LogP contribution in [0.4, 0.5) is 5.69 Å². The first kappa shape index (κ1) is 14.6. The Bertz CT molecular complexity index is 849. The molecule has 0 aliphatic carbocycles. The van der Waals surface area contributed by atoms with Gasteiger partial charge >= 0.3 is 0 Å². The van der Waals surface area contributed by atoms with E-state index in [1.54, 1.807) is 6.07 Å². The van der Waals surface area contributed by atoms with Crippen molar-refractivity contribution in [2.45, 2.75) is 0 Å². The monoisotopic (exact) mass is 334 g/mol. The maximum absolute atomic E-state index is 12.5. The lowest BCUT2D eigenvalue weighted by Crippen LogP contribution is -2.36. The third kappa shape index (κ3) is 2.06. The van der Waals surface area contributed by atoms with Crippen LogP contribution >= 0.6 is 23.2 Å². The molecule has 7 heteroatoms. The summed E-state index contributed by atoms with van der Waals surface area (Å²) in [5.74, 6) is -2.22. The lowest BCUT2D eigenvalue weighted by atomic mass is 10.1. The maximum Gasteiger partial charge on any atom is 0.270 e. The predicted octanol–water partition coefficient (Wildman–Crippen LogP) is 3.01. The van der Waals surface area contributed by atoms with Gasteiger partial charge in [-0.25, -0.2) is 4.90 Å². The summed E-state index contributed by atoms with van der Waals surface area (Å²) >= 11 is 11.6. The second-order valence-corrected chi connectivity index (χ2v) is 5.46. The van der Waals surface area contributed by atoms with Gasteiger partial charge in [-0.3, -0.25) is 14.4 Å². The Kier molecular flexibility index (Phi) is 3.39. The SMILES string of the molecule is Nc1cccc2c1C(=O)N(C(=O)c1ccc(Cl)c(Cl)c1)C2=O. The van der Waals surface area contributed by atoms with Crippen LogP contribution in [0.1, 0.15) is 31.1 Å². The highest BCUT2D eigenvalue weighted by Crippen LogP contribution is 2.30. The van der Waals surface area contributed by atoms with Gasteiger partial charge in [0.15, 0.2) is 0 Å². The fourth-order valence-electron chi connectivity index (χ4n) is 2.25. The quantitative estimate of drug-likeness (QED) is 0.642. The highest BCUT2D eigenvalue weighted by molar-refractivity contribution is 6.42. The normalized spacial score (nSPS) is 13.5. The van der Waals surface area contributed by atoms with Crippen LogP contribution in [0.25, 0.3) is 0 Å². The molecule has 0 saturated carbocycles. The van der Waals surface area contributed by atoms with Gasteiger partial charge in [0.1, 0.15) is 0 Å². The summed E-state index contributed by atoms with van der Waals surface area (Å²) in [5, 5.41) is 0.425. The van der Waals surface area contributed by atoms with Crippen LogP contribution in [0.2, 0.25) is 10.0 Å². The van der Waals surface area contributed by atoms with Crippen LogP contribution in [-0.4, -0.2) is 22.6 Å². The van der Waals surface area contributed by atoms with Crippen molar-refractivity contribution in [2.24, 2.45) is 0 Å². The minimum Gasteiger partial charge on any atom is -0.398 e. The van der Waals surface area contributed by atoms with Crippen molar-refractivity contribution in [2.75, 3.05) is 5.73 Å². The second kappa shape index (κ2) is 5.12. The summed E-state index contributed by atoms with van der Waals surface area (Å²) in [6, 6.07) is 8.61. The molecule has 1 heterocycles. The zero-order chi connectivity index (χ0) is 16.0. The first-order valence-electron chi connectivity index (χ1n) is 6.18. The van der Waals surface area contributed by atoms with Crippen molar-refractivity contribution in [3.05, 3.63) is 63.1 Å². The third-order valence-corrected chi connectivity index (χ3v) is 4.06. The fourth-order valence-corrected chi connectivity index (χ4v) is 2.55. The van der Waals surface area contributed by atoms with E-state index in [-0.39, 0.29) is 32.4 Å². The Balaban J connectivity index is 2.05. The van der Waals surface area contributed by atoms with Crippen molar-refractivity contribution < 1.29 is 14.4 Å². The highest BCUT2D eigenvalue weighted by atomic mass is 35.5. The zero-order valence-corrected chi connectivity index (χ0v) is 12.5. The molecule has 2 aromatic rings. The number of hydrogen-bond acceptors (Lipinski definition) is 4. The maximum atomic E-state index is 12.5. The lowest BCUT2D eigenvalue weighted by Gasteiger charge is -2.12. The summed E-state index contributed by atoms with van der Waals surface area (Å²) < 4.78 is 0. The topological polar surface area (TPSA) is 80.5 Å². The van der Waals surface area contributed by atoms with Gasteiger partial charge in [0.2, 0.25) is 0 Å². The van der Waals surface area contributed by atoms with Crippen molar-refractivity contribution in [3.8, 4) is 0 Å². The number of rotatable bonds is 1. The standard InChI is InChI=1S/C15H8Cl2N2O3/c16-9-5-4-7(6-10(9)17)13(20)19-14(21)8-2-1-3-11(18)12(8)15(19)22/h1-6H,18H2. The molecule has 0 bridgehead atoms. The summed E-state index contributed by atoms with van der Waals surface area (Å²) in [4.78, 5) is 37.6. The van der Waals surface area contributed by atoms with E-state index in [0.29, 0.717) is 4.90 Å². The molecule has 0 aromatic heterocycles. The molecule has 5 nitrogen and oxygen atoms in total. The van der Waals surface area contributed by atoms with Crippen molar-refractivity contribution in [1.82, 2.24) is 4.90 Å². The predicted molar refractivity (Wildman–Crippen MR) is 82.1 cm³/mol. The Hall–Kier alpha value is -2.37. The van der Waals surface area contributed by atoms with Crippen LogP contribution in [0.3, 0.4) is 0 Å². The number of carbonyl (C=O) groups excluding carboxylic acids is 3. The fraction of sp³-hybridized carbons (Fsp3) is 0. The molecule has 0 atom stereocenters. The average Bonchev–Trinajstić information content (AvgIpc) is 2.74. The molecule has 0 spiro atoms. The Labute approximate surface area is 135 Å². The molecule has 2 N–H and O–H groups in total. The minimum absolute atomic E-state index is 0.0425. The van der Waals surface area contributed by atoms with Gasteiger partial charge in [-0.1, -0.05) is 29.3 Å². The van der Waals surface area contributed by atoms with Gasteiger partial charge in [-0.2, -0.15) is 0 Å². The van der Waals surface area contributed by atoms with E-state index >= 15 is 0 Å². The highest BCUT2D eigenvalue weighted by Gasteiger charge is 2.41. The van der Waals surface area contributed by atoms with E-state index in [1.807, 2.05) is 0 Å². The first-order chi connectivity index (χ1) is 10.4. The van der Waals surface area contributed by atoms with E-state index in [4.69, 9.17) is 28.9 Å². The molecule has 2 aromatic carbocycles. The molecular formula is C15H8Cl2N2O3. The van der Waals surface area contributed by atoms with E-state index < -0.39 is 17.7 Å². The number of carbonyl (C=O) groups is 3. The number of nitrogens with zero attached hydrogens (tertiary/aromatic N) is 1. The Morgan fingerprint density at radius 1 is 1.00 bits per heavy atom. The van der Waals surface area contributed by atoms with Gasteiger partial charge in [0.25, 0.3) is 17.7 Å². The second-order valence-electron chi connectivity index (χ2n) is 4.65. The van der Waals surface area contributed by atoms with Crippen LogP contribution in [0, 0.1) is 0 Å². The largest absolute Gasteiger partial charge is 0.398 e.